The molecule has 0 aromatic carbocycles. The number of hydrogen-bond acceptors (Lipinski definition) is 2. The van der Waals surface area contributed by atoms with E-state index in [-0.39, 0.29) is 0 Å². The fourth-order valence-electron chi connectivity index (χ4n) is 2.80. The Balaban J connectivity index is 1.92. The number of aliphatic carboxylic acids is 1. The number of likely N-dealkylation sites (tertiary alicyclic amines) is 1. The highest BCUT2D eigenvalue weighted by Crippen LogP contribution is 2.32. The summed E-state index contributed by atoms with van der Waals surface area (Å²) in [6.07, 6.45) is 6.53. The van der Waals surface area contributed by atoms with Crippen LogP contribution < -0.4 is 0 Å². The molecule has 1 saturated heterocycles. The van der Waals surface area contributed by atoms with Crippen LogP contribution in [0.2, 0.25) is 0 Å². The molecule has 1 aliphatic heterocycles. The molecule has 0 aromatic heterocycles. The highest BCUT2D eigenvalue weighted by Gasteiger charge is 2.33. The van der Waals surface area contributed by atoms with Gasteiger partial charge in [0.15, 0.2) is 0 Å². The topological polar surface area (TPSA) is 40.5 Å². The van der Waals surface area contributed by atoms with Gasteiger partial charge >= 0.3 is 5.97 Å². The summed E-state index contributed by atoms with van der Waals surface area (Å²) in [5.41, 5.74) is 0. The number of nitrogens with zero attached hydrogens (tertiary/aromatic N) is 1. The summed E-state index contributed by atoms with van der Waals surface area (Å²) in [5.74, 6) is -0.205. The monoisotopic (exact) mass is 197 g/mol. The highest BCUT2D eigenvalue weighted by atomic mass is 16.4. The lowest BCUT2D eigenvalue weighted by atomic mass is 9.80. The van der Waals surface area contributed by atoms with Crippen LogP contribution in [-0.4, -0.2) is 35.1 Å². The molecular formula is C11H19NO2. The molecule has 0 aromatic rings. The van der Waals surface area contributed by atoms with Crippen molar-refractivity contribution in [2.24, 2.45) is 5.92 Å². The summed E-state index contributed by atoms with van der Waals surface area (Å²) in [7, 11) is 0. The van der Waals surface area contributed by atoms with Gasteiger partial charge in [-0.2, -0.15) is 0 Å². The van der Waals surface area contributed by atoms with Crippen molar-refractivity contribution in [3.63, 3.8) is 0 Å². The van der Waals surface area contributed by atoms with E-state index >= 15 is 0 Å². The molecule has 2 fully saturated rings. The lowest BCUT2D eigenvalue weighted by molar-refractivity contribution is -0.139. The van der Waals surface area contributed by atoms with Crippen LogP contribution in [0.1, 0.15) is 38.5 Å². The molecule has 2 unspecified atom stereocenters. The molecule has 1 aliphatic carbocycles. The Morgan fingerprint density at radius 3 is 2.50 bits per heavy atom. The van der Waals surface area contributed by atoms with Crippen LogP contribution in [0, 0.1) is 5.92 Å². The number of carbonyl (C=O) groups is 1. The molecular weight excluding hydrogens is 178 g/mol. The molecule has 0 spiro atoms. The second-order valence-electron chi connectivity index (χ2n) is 4.60. The van der Waals surface area contributed by atoms with Gasteiger partial charge in [0.1, 0.15) is 0 Å². The first-order chi connectivity index (χ1) is 6.77. The standard InChI is InChI=1S/C11H19NO2/c13-11(14)8-9-4-1-2-5-10(9)12-6-3-7-12/h9-10H,1-8H2,(H,13,14). The Hall–Kier alpha value is -0.570. The Bertz CT molecular complexity index is 213. The summed E-state index contributed by atoms with van der Waals surface area (Å²) in [6, 6.07) is 0.577. The summed E-state index contributed by atoms with van der Waals surface area (Å²) in [5, 5.41) is 8.84. The second-order valence-corrected chi connectivity index (χ2v) is 4.60. The van der Waals surface area contributed by atoms with Crippen molar-refractivity contribution in [3.05, 3.63) is 0 Å². The molecule has 1 saturated carbocycles. The van der Waals surface area contributed by atoms with Crippen molar-refractivity contribution in [1.29, 1.82) is 0 Å². The Morgan fingerprint density at radius 2 is 1.93 bits per heavy atom. The zero-order valence-electron chi connectivity index (χ0n) is 8.61. The van der Waals surface area contributed by atoms with E-state index in [1.165, 1.54) is 38.8 Å². The maximum absolute atomic E-state index is 10.7. The Labute approximate surface area is 85.1 Å². The minimum atomic E-state index is -0.623. The van der Waals surface area contributed by atoms with Gasteiger partial charge in [0, 0.05) is 12.5 Å². The average molecular weight is 197 g/mol. The molecule has 2 aliphatic rings. The molecule has 0 amide bonds. The van der Waals surface area contributed by atoms with Crippen LogP contribution >= 0.6 is 0 Å². The van der Waals surface area contributed by atoms with Crippen LogP contribution in [0.4, 0.5) is 0 Å². The first-order valence-electron chi connectivity index (χ1n) is 5.73. The van der Waals surface area contributed by atoms with Crippen LogP contribution in [0.3, 0.4) is 0 Å². The van der Waals surface area contributed by atoms with E-state index in [1.807, 2.05) is 0 Å². The third kappa shape index (κ3) is 2.08. The normalized spacial score (nSPS) is 33.7. The van der Waals surface area contributed by atoms with Crippen molar-refractivity contribution in [2.75, 3.05) is 13.1 Å². The first-order valence-corrected chi connectivity index (χ1v) is 5.73. The molecule has 80 valence electrons. The fourth-order valence-corrected chi connectivity index (χ4v) is 2.80. The number of rotatable bonds is 3. The van der Waals surface area contributed by atoms with Crippen molar-refractivity contribution in [1.82, 2.24) is 4.90 Å². The summed E-state index contributed by atoms with van der Waals surface area (Å²) < 4.78 is 0. The summed E-state index contributed by atoms with van der Waals surface area (Å²) in [6.45, 7) is 2.39. The predicted molar refractivity (Wildman–Crippen MR) is 54.2 cm³/mol. The van der Waals surface area contributed by atoms with Gasteiger partial charge in [-0.15, -0.1) is 0 Å². The van der Waals surface area contributed by atoms with Crippen LogP contribution in [0.25, 0.3) is 0 Å². The number of carboxylic acids is 1. The van der Waals surface area contributed by atoms with Gasteiger partial charge < -0.3 is 5.11 Å². The van der Waals surface area contributed by atoms with Gasteiger partial charge in [-0.3, -0.25) is 9.69 Å². The zero-order chi connectivity index (χ0) is 9.97. The number of carboxylic acid groups (broad SMARTS) is 1. The minimum Gasteiger partial charge on any atom is -0.481 e. The third-order valence-electron chi connectivity index (χ3n) is 3.67. The van der Waals surface area contributed by atoms with E-state index in [0.29, 0.717) is 18.4 Å². The molecule has 14 heavy (non-hydrogen) atoms. The van der Waals surface area contributed by atoms with E-state index in [9.17, 15) is 4.79 Å². The van der Waals surface area contributed by atoms with Crippen molar-refractivity contribution in [2.45, 2.75) is 44.6 Å². The highest BCUT2D eigenvalue weighted by molar-refractivity contribution is 5.67. The van der Waals surface area contributed by atoms with Gasteiger partial charge in [-0.25, -0.2) is 0 Å². The zero-order valence-corrected chi connectivity index (χ0v) is 8.61. The molecule has 3 heteroatoms. The lowest BCUT2D eigenvalue weighted by Gasteiger charge is -2.44. The quantitative estimate of drug-likeness (QED) is 0.749. The molecule has 2 atom stereocenters. The van der Waals surface area contributed by atoms with E-state index < -0.39 is 5.97 Å². The van der Waals surface area contributed by atoms with Gasteiger partial charge in [-0.05, 0) is 38.3 Å². The largest absolute Gasteiger partial charge is 0.481 e. The molecule has 2 rings (SSSR count). The van der Waals surface area contributed by atoms with Crippen LogP contribution in [-0.2, 0) is 4.79 Å². The SMILES string of the molecule is O=C(O)CC1CCCCC1N1CCC1. The van der Waals surface area contributed by atoms with E-state index in [0.717, 1.165) is 6.42 Å². The minimum absolute atomic E-state index is 0.376. The smallest absolute Gasteiger partial charge is 0.303 e. The summed E-state index contributed by atoms with van der Waals surface area (Å²) in [4.78, 5) is 13.2. The van der Waals surface area contributed by atoms with Crippen LogP contribution in [0.5, 0.6) is 0 Å². The van der Waals surface area contributed by atoms with Crippen LogP contribution in [0.15, 0.2) is 0 Å². The predicted octanol–water partition coefficient (Wildman–Crippen LogP) is 1.73. The maximum atomic E-state index is 10.7. The molecule has 3 nitrogen and oxygen atoms in total. The average Bonchev–Trinajstić information content (AvgIpc) is 2.04. The van der Waals surface area contributed by atoms with Gasteiger partial charge in [0.05, 0.1) is 0 Å². The third-order valence-corrected chi connectivity index (χ3v) is 3.67. The van der Waals surface area contributed by atoms with E-state index in [4.69, 9.17) is 5.11 Å². The van der Waals surface area contributed by atoms with Crippen molar-refractivity contribution in [3.8, 4) is 0 Å². The lowest BCUT2D eigenvalue weighted by Crippen LogP contribution is -2.50. The van der Waals surface area contributed by atoms with Crippen molar-refractivity contribution >= 4 is 5.97 Å². The van der Waals surface area contributed by atoms with Crippen molar-refractivity contribution < 1.29 is 9.90 Å². The Morgan fingerprint density at radius 1 is 1.21 bits per heavy atom. The molecule has 0 bridgehead atoms. The molecule has 0 radical (unpaired) electrons. The Kier molecular flexibility index (Phi) is 3.06. The molecule has 1 heterocycles. The van der Waals surface area contributed by atoms with Gasteiger partial charge in [-0.1, -0.05) is 12.8 Å². The van der Waals surface area contributed by atoms with Gasteiger partial charge in [0.25, 0.3) is 0 Å². The maximum Gasteiger partial charge on any atom is 0.303 e. The number of hydrogen-bond donors (Lipinski definition) is 1. The summed E-state index contributed by atoms with van der Waals surface area (Å²) >= 11 is 0. The van der Waals surface area contributed by atoms with E-state index in [1.54, 1.807) is 0 Å². The first kappa shape index (κ1) is 9.97. The molecule has 1 N–H and O–H groups in total. The van der Waals surface area contributed by atoms with Gasteiger partial charge in [0.2, 0.25) is 0 Å². The fraction of sp³-hybridized carbons (Fsp3) is 0.909. The van der Waals surface area contributed by atoms with E-state index in [2.05, 4.69) is 4.90 Å². The second kappa shape index (κ2) is 4.30.